The number of amides is 1. The molecule has 0 bridgehead atoms. The second-order valence-electron chi connectivity index (χ2n) is 7.35. The largest absolute Gasteiger partial charge is 0.454 e. The summed E-state index contributed by atoms with van der Waals surface area (Å²) in [6.45, 7) is 2.24. The molecule has 1 amide bonds. The molecule has 0 saturated carbocycles. The van der Waals surface area contributed by atoms with Gasteiger partial charge in [0.25, 0.3) is 11.5 Å². The van der Waals surface area contributed by atoms with Crippen molar-refractivity contribution in [3.63, 3.8) is 0 Å². The standard InChI is InChI=1S/C22H21N3O4/c26-21-16(9-15-10-19-20(29-13-28-19)11-18(15)24-21)12-23-17-5-3-14(4-6-17)22(27)25-7-1-2-8-25/h3-6,9-11,23H,1-2,7-8,12-13H2,(H,24,26). The van der Waals surface area contributed by atoms with E-state index in [9.17, 15) is 9.59 Å². The lowest BCUT2D eigenvalue weighted by atomic mass is 10.1. The maximum absolute atomic E-state index is 12.4. The summed E-state index contributed by atoms with van der Waals surface area (Å²) in [4.78, 5) is 29.6. The Morgan fingerprint density at radius 1 is 1.03 bits per heavy atom. The molecule has 0 radical (unpaired) electrons. The molecule has 1 saturated heterocycles. The number of nitrogens with zero attached hydrogens (tertiary/aromatic N) is 1. The highest BCUT2D eigenvalue weighted by Crippen LogP contribution is 2.35. The number of rotatable bonds is 4. The molecule has 1 aromatic heterocycles. The van der Waals surface area contributed by atoms with E-state index in [0.717, 1.165) is 37.0 Å². The summed E-state index contributed by atoms with van der Waals surface area (Å²) in [5.41, 5.74) is 2.73. The van der Waals surface area contributed by atoms with Gasteiger partial charge in [-0.25, -0.2) is 0 Å². The Morgan fingerprint density at radius 3 is 2.52 bits per heavy atom. The second kappa shape index (κ2) is 7.16. The van der Waals surface area contributed by atoms with Crippen LogP contribution in [0.3, 0.4) is 0 Å². The van der Waals surface area contributed by atoms with Crippen molar-refractivity contribution in [3.05, 3.63) is 63.9 Å². The Labute approximate surface area is 167 Å². The van der Waals surface area contributed by atoms with E-state index in [2.05, 4.69) is 10.3 Å². The Balaban J connectivity index is 1.31. The van der Waals surface area contributed by atoms with Gasteiger partial charge in [0.2, 0.25) is 6.79 Å². The van der Waals surface area contributed by atoms with Gasteiger partial charge in [0.15, 0.2) is 11.5 Å². The number of carbonyl (C=O) groups is 1. The maximum Gasteiger partial charge on any atom is 0.253 e. The number of hydrogen-bond donors (Lipinski definition) is 2. The van der Waals surface area contributed by atoms with Gasteiger partial charge >= 0.3 is 0 Å². The number of carbonyl (C=O) groups excluding carboxylic acids is 1. The van der Waals surface area contributed by atoms with Crippen LogP contribution in [-0.2, 0) is 6.54 Å². The monoisotopic (exact) mass is 391 g/mol. The van der Waals surface area contributed by atoms with Crippen molar-refractivity contribution in [1.29, 1.82) is 0 Å². The van der Waals surface area contributed by atoms with Crippen LogP contribution in [0.5, 0.6) is 11.5 Å². The zero-order valence-corrected chi connectivity index (χ0v) is 15.9. The van der Waals surface area contributed by atoms with Crippen LogP contribution in [0.4, 0.5) is 5.69 Å². The van der Waals surface area contributed by atoms with Crippen LogP contribution in [0, 0.1) is 0 Å². The van der Waals surface area contributed by atoms with Gasteiger partial charge < -0.3 is 24.7 Å². The van der Waals surface area contributed by atoms with E-state index < -0.39 is 0 Å². The quantitative estimate of drug-likeness (QED) is 0.714. The van der Waals surface area contributed by atoms with Crippen molar-refractivity contribution in [1.82, 2.24) is 9.88 Å². The summed E-state index contributed by atoms with van der Waals surface area (Å²) < 4.78 is 10.8. The SMILES string of the molecule is O=C(c1ccc(NCc2cc3cc4c(cc3[nH]c2=O)OCO4)cc1)N1CCCC1. The third-order valence-corrected chi connectivity index (χ3v) is 5.42. The molecule has 0 unspecified atom stereocenters. The minimum absolute atomic E-state index is 0.0822. The van der Waals surface area contributed by atoms with Gasteiger partial charge in [-0.2, -0.15) is 0 Å². The first-order chi connectivity index (χ1) is 14.2. The molecule has 2 aromatic carbocycles. The molecule has 148 valence electrons. The van der Waals surface area contributed by atoms with Gasteiger partial charge in [0.05, 0.1) is 5.52 Å². The number of ether oxygens (including phenoxy) is 2. The lowest BCUT2D eigenvalue weighted by Gasteiger charge is -2.15. The Morgan fingerprint density at radius 2 is 1.76 bits per heavy atom. The summed E-state index contributed by atoms with van der Waals surface area (Å²) in [6.07, 6.45) is 2.15. The van der Waals surface area contributed by atoms with Crippen molar-refractivity contribution in [2.75, 3.05) is 25.2 Å². The smallest absolute Gasteiger partial charge is 0.253 e. The Bertz CT molecular complexity index is 1130. The fraction of sp³-hybridized carbons (Fsp3) is 0.273. The topological polar surface area (TPSA) is 83.7 Å². The Kier molecular flexibility index (Phi) is 4.35. The van der Waals surface area contributed by atoms with Crippen LogP contribution in [0.1, 0.15) is 28.8 Å². The average Bonchev–Trinajstić information content (AvgIpc) is 3.42. The number of benzene rings is 2. The van der Waals surface area contributed by atoms with Crippen molar-refractivity contribution in [3.8, 4) is 11.5 Å². The fourth-order valence-electron chi connectivity index (χ4n) is 3.80. The molecule has 2 aliphatic heterocycles. The van der Waals surface area contributed by atoms with Crippen LogP contribution < -0.4 is 20.3 Å². The first-order valence-electron chi connectivity index (χ1n) is 9.76. The van der Waals surface area contributed by atoms with E-state index in [1.54, 1.807) is 6.07 Å². The molecule has 1 fully saturated rings. The lowest BCUT2D eigenvalue weighted by Crippen LogP contribution is -2.27. The van der Waals surface area contributed by atoms with Gasteiger partial charge in [-0.3, -0.25) is 9.59 Å². The van der Waals surface area contributed by atoms with E-state index in [4.69, 9.17) is 9.47 Å². The highest BCUT2D eigenvalue weighted by Gasteiger charge is 2.19. The van der Waals surface area contributed by atoms with Gasteiger partial charge in [-0.05, 0) is 49.2 Å². The summed E-state index contributed by atoms with van der Waals surface area (Å²) in [5, 5.41) is 4.14. The van der Waals surface area contributed by atoms with E-state index in [1.165, 1.54) is 0 Å². The highest BCUT2D eigenvalue weighted by atomic mass is 16.7. The number of fused-ring (bicyclic) bond motifs is 2. The first-order valence-corrected chi connectivity index (χ1v) is 9.76. The van der Waals surface area contributed by atoms with Crippen LogP contribution in [-0.4, -0.2) is 35.7 Å². The lowest BCUT2D eigenvalue weighted by molar-refractivity contribution is 0.0793. The van der Waals surface area contributed by atoms with Gasteiger partial charge in [-0.15, -0.1) is 0 Å². The molecule has 0 aliphatic carbocycles. The minimum atomic E-state index is -0.148. The average molecular weight is 391 g/mol. The van der Waals surface area contributed by atoms with Crippen LogP contribution in [0.2, 0.25) is 0 Å². The number of likely N-dealkylation sites (tertiary alicyclic amines) is 1. The van der Waals surface area contributed by atoms with E-state index in [-0.39, 0.29) is 18.3 Å². The molecule has 7 nitrogen and oxygen atoms in total. The minimum Gasteiger partial charge on any atom is -0.454 e. The third kappa shape index (κ3) is 3.40. The highest BCUT2D eigenvalue weighted by molar-refractivity contribution is 5.94. The zero-order valence-electron chi connectivity index (χ0n) is 15.9. The maximum atomic E-state index is 12.4. The fourth-order valence-corrected chi connectivity index (χ4v) is 3.80. The summed E-state index contributed by atoms with van der Waals surface area (Å²) in [5.74, 6) is 1.41. The van der Waals surface area contributed by atoms with Crippen LogP contribution in [0.15, 0.2) is 47.3 Å². The number of nitrogens with one attached hydrogen (secondary N) is 2. The van der Waals surface area contributed by atoms with Crippen LogP contribution >= 0.6 is 0 Å². The van der Waals surface area contributed by atoms with Gasteiger partial charge in [-0.1, -0.05) is 0 Å². The number of H-pyrrole nitrogens is 1. The number of pyridine rings is 1. The van der Waals surface area contributed by atoms with E-state index in [1.807, 2.05) is 41.3 Å². The molecular weight excluding hydrogens is 370 g/mol. The molecule has 29 heavy (non-hydrogen) atoms. The predicted octanol–water partition coefficient (Wildman–Crippen LogP) is 3.10. The van der Waals surface area contributed by atoms with Gasteiger partial charge in [0, 0.05) is 47.9 Å². The predicted molar refractivity (Wildman–Crippen MR) is 110 cm³/mol. The molecule has 0 spiro atoms. The van der Waals surface area contributed by atoms with E-state index in [0.29, 0.717) is 34.7 Å². The van der Waals surface area contributed by atoms with Crippen molar-refractivity contribution < 1.29 is 14.3 Å². The molecule has 3 heterocycles. The molecule has 3 aromatic rings. The number of anilines is 1. The third-order valence-electron chi connectivity index (χ3n) is 5.42. The van der Waals surface area contributed by atoms with Gasteiger partial charge in [0.1, 0.15) is 0 Å². The van der Waals surface area contributed by atoms with Crippen LogP contribution in [0.25, 0.3) is 10.9 Å². The molecule has 2 N–H and O–H groups in total. The molecule has 2 aliphatic rings. The van der Waals surface area contributed by atoms with Crippen molar-refractivity contribution in [2.45, 2.75) is 19.4 Å². The summed E-state index contributed by atoms with van der Waals surface area (Å²) >= 11 is 0. The van der Waals surface area contributed by atoms with E-state index >= 15 is 0 Å². The van der Waals surface area contributed by atoms with Crippen molar-refractivity contribution >= 4 is 22.5 Å². The second-order valence-corrected chi connectivity index (χ2v) is 7.35. The Hall–Kier alpha value is -3.48. The molecule has 7 heteroatoms. The molecular formula is C22H21N3O4. The molecule has 0 atom stereocenters. The number of hydrogen-bond acceptors (Lipinski definition) is 5. The number of aromatic amines is 1. The summed E-state index contributed by atoms with van der Waals surface area (Å²) in [6, 6.07) is 12.9. The molecule has 5 rings (SSSR count). The first kappa shape index (κ1) is 17.6. The van der Waals surface area contributed by atoms with Crippen molar-refractivity contribution in [2.24, 2.45) is 0 Å². The zero-order chi connectivity index (χ0) is 19.8. The summed E-state index contributed by atoms with van der Waals surface area (Å²) in [7, 11) is 0. The normalized spacial score (nSPS) is 15.1. The number of aromatic nitrogens is 1.